The van der Waals surface area contributed by atoms with E-state index >= 15 is 0 Å². The second kappa shape index (κ2) is 11.7. The number of Topliss-reactive ketones (excluding diaryl/α,β-unsaturated/α-hetero) is 2. The van der Waals surface area contributed by atoms with Gasteiger partial charge in [0.05, 0.1) is 0 Å². The van der Waals surface area contributed by atoms with Crippen molar-refractivity contribution in [1.29, 1.82) is 0 Å². The number of hydrogen-bond donors (Lipinski definition) is 0. The highest BCUT2D eigenvalue weighted by atomic mass is 32.2. The molecule has 0 N–H and O–H groups in total. The fourth-order valence-corrected chi connectivity index (χ4v) is 3.69. The first kappa shape index (κ1) is 24.8. The van der Waals surface area contributed by atoms with Gasteiger partial charge in [-0.2, -0.15) is 0 Å². The largest absolute Gasteiger partial charge is 0.299 e. The smallest absolute Gasteiger partial charge is 0.185 e. The Balaban J connectivity index is 0.00000204. The van der Waals surface area contributed by atoms with E-state index in [0.717, 1.165) is 11.1 Å². The molecule has 0 bridgehead atoms. The number of rotatable bonds is 8. The second-order valence-corrected chi connectivity index (χ2v) is 8.54. The van der Waals surface area contributed by atoms with Gasteiger partial charge < -0.3 is 0 Å². The zero-order chi connectivity index (χ0) is 22.0. The van der Waals surface area contributed by atoms with Crippen LogP contribution in [-0.2, 0) is 9.59 Å². The zero-order valence-electron chi connectivity index (χ0n) is 18.3. The molecule has 1 unspecified atom stereocenters. The van der Waals surface area contributed by atoms with Gasteiger partial charge in [0.1, 0.15) is 5.78 Å². The maximum atomic E-state index is 13.2. The first-order valence-corrected chi connectivity index (χ1v) is 11.1. The lowest BCUT2D eigenvalue weighted by atomic mass is 9.71. The molecule has 0 amide bonds. The van der Waals surface area contributed by atoms with E-state index in [2.05, 4.69) is 0 Å². The first-order chi connectivity index (χ1) is 13.7. The minimum atomic E-state index is -0.771. The number of carbonyl (C=O) groups excluding carboxylic acids is 3. The Bertz CT molecular complexity index is 808. The maximum Gasteiger partial charge on any atom is 0.185 e. The molecule has 0 heterocycles. The molecule has 0 saturated carbocycles. The topological polar surface area (TPSA) is 51.2 Å². The fourth-order valence-electron chi connectivity index (χ4n) is 3.04. The summed E-state index contributed by atoms with van der Waals surface area (Å²) in [5.74, 6) is 0.0165. The third-order valence-electron chi connectivity index (χ3n) is 5.08. The average molecular weight is 413 g/mol. The lowest BCUT2D eigenvalue weighted by Crippen LogP contribution is -2.37. The van der Waals surface area contributed by atoms with Crippen molar-refractivity contribution in [3.8, 4) is 11.1 Å². The average Bonchev–Trinajstić information content (AvgIpc) is 2.72. The van der Waals surface area contributed by atoms with Crippen LogP contribution in [0.15, 0.2) is 54.6 Å². The molecule has 4 heteroatoms. The molecule has 0 aliphatic heterocycles. The van der Waals surface area contributed by atoms with Gasteiger partial charge in [-0.1, -0.05) is 94.1 Å². The van der Waals surface area contributed by atoms with Crippen LogP contribution in [0.1, 0.15) is 58.3 Å². The lowest BCUT2D eigenvalue weighted by molar-refractivity contribution is -0.126. The minimum Gasteiger partial charge on any atom is -0.299 e. The van der Waals surface area contributed by atoms with Crippen molar-refractivity contribution >= 4 is 28.4 Å². The van der Waals surface area contributed by atoms with Crippen molar-refractivity contribution in [1.82, 2.24) is 0 Å². The van der Waals surface area contributed by atoms with Crippen LogP contribution in [0.4, 0.5) is 0 Å². The van der Waals surface area contributed by atoms with Crippen LogP contribution in [-0.4, -0.2) is 22.4 Å². The van der Waals surface area contributed by atoms with E-state index in [1.165, 1.54) is 25.6 Å². The molecule has 2 rings (SSSR count). The Hall–Kier alpha value is -2.20. The minimum absolute atomic E-state index is 0.0189. The Labute approximate surface area is 179 Å². The van der Waals surface area contributed by atoms with E-state index < -0.39 is 11.3 Å². The van der Waals surface area contributed by atoms with Crippen LogP contribution >= 0.6 is 11.8 Å². The lowest BCUT2D eigenvalue weighted by Gasteiger charge is -2.31. The van der Waals surface area contributed by atoms with Gasteiger partial charge in [-0.3, -0.25) is 14.4 Å². The zero-order valence-corrected chi connectivity index (χ0v) is 19.1. The fraction of sp³-hybridized carbons (Fsp3) is 0.400. The molecule has 1 atom stereocenters. The van der Waals surface area contributed by atoms with Crippen molar-refractivity contribution < 1.29 is 14.4 Å². The van der Waals surface area contributed by atoms with E-state index in [9.17, 15) is 14.4 Å². The molecular weight excluding hydrogens is 380 g/mol. The summed E-state index contributed by atoms with van der Waals surface area (Å²) >= 11 is 1.20. The Morgan fingerprint density at radius 3 is 1.86 bits per heavy atom. The van der Waals surface area contributed by atoms with Crippen LogP contribution in [0.5, 0.6) is 0 Å². The summed E-state index contributed by atoms with van der Waals surface area (Å²) in [6.45, 7) is 10.7. The second-order valence-electron chi connectivity index (χ2n) is 7.27. The van der Waals surface area contributed by atoms with E-state index in [1.54, 1.807) is 0 Å². The van der Waals surface area contributed by atoms with Gasteiger partial charge in [0.25, 0.3) is 0 Å². The molecule has 2 aromatic rings. The van der Waals surface area contributed by atoms with Crippen molar-refractivity contribution in [2.24, 2.45) is 11.3 Å². The summed E-state index contributed by atoms with van der Waals surface area (Å²) in [5.41, 5.74) is 1.96. The van der Waals surface area contributed by atoms with Gasteiger partial charge in [0.2, 0.25) is 0 Å². The van der Waals surface area contributed by atoms with Gasteiger partial charge in [-0.05, 0) is 24.5 Å². The highest BCUT2D eigenvalue weighted by molar-refractivity contribution is 8.13. The molecule has 29 heavy (non-hydrogen) atoms. The number of hydrogen-bond acceptors (Lipinski definition) is 4. The molecule has 0 aromatic heterocycles. The maximum absolute atomic E-state index is 13.2. The van der Waals surface area contributed by atoms with Crippen LogP contribution in [0.25, 0.3) is 11.1 Å². The molecule has 0 radical (unpaired) electrons. The SMILES string of the molecule is CC.CC(=O)SCCC(C(=O)c1ccc(-c2ccccc2)cc1)C(C)(C)C(C)=O. The van der Waals surface area contributed by atoms with Crippen molar-refractivity contribution in [3.05, 3.63) is 60.2 Å². The third-order valence-corrected chi connectivity index (χ3v) is 5.93. The summed E-state index contributed by atoms with van der Waals surface area (Å²) < 4.78 is 0. The number of benzene rings is 2. The molecule has 0 saturated heterocycles. The van der Waals surface area contributed by atoms with E-state index in [-0.39, 0.29) is 16.7 Å². The summed E-state index contributed by atoms with van der Waals surface area (Å²) in [6.07, 6.45) is 0.496. The number of ketones is 2. The van der Waals surface area contributed by atoms with E-state index in [4.69, 9.17) is 0 Å². The van der Waals surface area contributed by atoms with Crippen molar-refractivity contribution in [3.63, 3.8) is 0 Å². The Kier molecular flexibility index (Phi) is 10.0. The molecule has 0 fully saturated rings. The molecule has 3 nitrogen and oxygen atoms in total. The monoisotopic (exact) mass is 412 g/mol. The van der Waals surface area contributed by atoms with Crippen LogP contribution < -0.4 is 0 Å². The number of thioether (sulfide) groups is 1. The van der Waals surface area contributed by atoms with Crippen LogP contribution in [0.3, 0.4) is 0 Å². The third kappa shape index (κ3) is 6.97. The van der Waals surface area contributed by atoms with Gasteiger partial charge >= 0.3 is 0 Å². The Morgan fingerprint density at radius 2 is 1.38 bits per heavy atom. The number of carbonyl (C=O) groups is 3. The van der Waals surface area contributed by atoms with Gasteiger partial charge in [-0.15, -0.1) is 0 Å². The standard InChI is InChI=1S/C23H26O3S.C2H6/c1-16(24)23(3,4)21(14-15-27-17(2)25)22(26)20-12-10-19(11-13-20)18-8-6-5-7-9-18;1-2/h5-13,21H,14-15H2,1-4H3;1-2H3. The predicted octanol–water partition coefficient (Wildman–Crippen LogP) is 6.46. The predicted molar refractivity (Wildman–Crippen MR) is 123 cm³/mol. The first-order valence-electron chi connectivity index (χ1n) is 10.1. The van der Waals surface area contributed by atoms with Gasteiger partial charge in [0, 0.05) is 29.6 Å². The molecule has 2 aromatic carbocycles. The molecule has 0 spiro atoms. The quantitative estimate of drug-likeness (QED) is 0.467. The molecule has 156 valence electrons. The molecule has 0 aliphatic rings. The highest BCUT2D eigenvalue weighted by Gasteiger charge is 2.38. The van der Waals surface area contributed by atoms with Crippen LogP contribution in [0.2, 0.25) is 0 Å². The van der Waals surface area contributed by atoms with Gasteiger partial charge in [-0.25, -0.2) is 0 Å². The van der Waals surface area contributed by atoms with Gasteiger partial charge in [0.15, 0.2) is 10.9 Å². The highest BCUT2D eigenvalue weighted by Crippen LogP contribution is 2.35. The normalized spacial score (nSPS) is 11.8. The van der Waals surface area contributed by atoms with E-state index in [0.29, 0.717) is 17.7 Å². The molecular formula is C25H32O3S. The summed E-state index contributed by atoms with van der Waals surface area (Å²) in [7, 11) is 0. The summed E-state index contributed by atoms with van der Waals surface area (Å²) in [5, 5.41) is 0.0223. The van der Waals surface area contributed by atoms with Crippen molar-refractivity contribution in [2.75, 3.05) is 5.75 Å². The molecule has 0 aliphatic carbocycles. The van der Waals surface area contributed by atoms with Crippen molar-refractivity contribution in [2.45, 2.75) is 48.0 Å². The van der Waals surface area contributed by atoms with E-state index in [1.807, 2.05) is 82.3 Å². The summed E-state index contributed by atoms with van der Waals surface area (Å²) in [4.78, 5) is 36.6. The Morgan fingerprint density at radius 1 is 0.862 bits per heavy atom. The summed E-state index contributed by atoms with van der Waals surface area (Å²) in [6, 6.07) is 17.5. The van der Waals surface area contributed by atoms with Crippen LogP contribution in [0, 0.1) is 11.3 Å².